The number of likely N-dealkylation sites (N-methyl/N-ethyl adjacent to an activating group) is 1. The summed E-state index contributed by atoms with van der Waals surface area (Å²) in [6.45, 7) is -0.332. The second-order valence-corrected chi connectivity index (χ2v) is 9.11. The molecule has 12 heteroatoms. The highest BCUT2D eigenvalue weighted by molar-refractivity contribution is 8.18. The summed E-state index contributed by atoms with van der Waals surface area (Å²) in [5.74, 6) is -0.225. The van der Waals surface area contributed by atoms with Crippen molar-refractivity contribution in [1.82, 2.24) is 4.90 Å². The number of carbonyl (C=O) groups excluding carboxylic acids is 3. The number of nitrogens with zero attached hydrogens (tertiary/aromatic N) is 1. The van der Waals surface area contributed by atoms with Crippen LogP contribution in [0.3, 0.4) is 0 Å². The van der Waals surface area contributed by atoms with E-state index in [2.05, 4.69) is 5.32 Å². The topological polar surface area (TPSA) is 145 Å². The normalized spacial score (nSPS) is 15.2. The molecule has 32 heavy (non-hydrogen) atoms. The Kier molecular flexibility index (Phi) is 6.87. The molecule has 1 aliphatic rings. The molecule has 0 unspecified atom stereocenters. The molecule has 0 radical (unpaired) electrons. The zero-order chi connectivity index (χ0) is 23.5. The first-order valence-electron chi connectivity index (χ1n) is 9.03. The third-order valence-corrected chi connectivity index (χ3v) is 6.19. The molecule has 0 saturated carbocycles. The first-order valence-corrected chi connectivity index (χ1v) is 11.4. The molecule has 168 valence electrons. The van der Waals surface area contributed by atoms with E-state index in [1.54, 1.807) is 24.3 Å². The molecule has 1 heterocycles. The van der Waals surface area contributed by atoms with E-state index in [0.717, 1.165) is 16.7 Å². The Labute approximate surface area is 188 Å². The molecular formula is C20H19N3O7S2. The summed E-state index contributed by atoms with van der Waals surface area (Å²) in [5.41, 5.74) is 0.991. The van der Waals surface area contributed by atoms with Crippen LogP contribution in [0.4, 0.5) is 10.5 Å². The molecule has 3 rings (SSSR count). The molecule has 0 bridgehead atoms. The predicted molar refractivity (Wildman–Crippen MR) is 119 cm³/mol. The number of thioether (sulfide) groups is 1. The minimum absolute atomic E-state index is 0.0692. The van der Waals surface area contributed by atoms with Gasteiger partial charge in [-0.25, -0.2) is 13.6 Å². The van der Waals surface area contributed by atoms with Crippen LogP contribution in [0.1, 0.15) is 5.56 Å². The molecule has 10 nitrogen and oxygen atoms in total. The van der Waals surface area contributed by atoms with E-state index in [0.29, 0.717) is 27.7 Å². The highest BCUT2D eigenvalue weighted by Gasteiger charge is 2.31. The van der Waals surface area contributed by atoms with E-state index in [9.17, 15) is 22.8 Å². The first kappa shape index (κ1) is 23.3. The van der Waals surface area contributed by atoms with Crippen molar-refractivity contribution in [3.63, 3.8) is 0 Å². The quantitative estimate of drug-likeness (QED) is 0.576. The lowest BCUT2D eigenvalue weighted by molar-refractivity contribution is -0.121. The number of anilines is 1. The van der Waals surface area contributed by atoms with Gasteiger partial charge in [0.2, 0.25) is 10.0 Å². The van der Waals surface area contributed by atoms with Crippen LogP contribution in [0, 0.1) is 0 Å². The van der Waals surface area contributed by atoms with Gasteiger partial charge in [-0.3, -0.25) is 19.3 Å². The third-order valence-electron chi connectivity index (χ3n) is 4.30. The lowest BCUT2D eigenvalue weighted by Gasteiger charge is -2.12. The molecule has 1 saturated heterocycles. The van der Waals surface area contributed by atoms with Gasteiger partial charge in [0.15, 0.2) is 18.1 Å². The monoisotopic (exact) mass is 477 g/mol. The summed E-state index contributed by atoms with van der Waals surface area (Å²) in [7, 11) is -0.974. The van der Waals surface area contributed by atoms with Gasteiger partial charge in [-0.05, 0) is 59.8 Å². The molecule has 0 aromatic heterocycles. The van der Waals surface area contributed by atoms with Crippen LogP contribution in [0.15, 0.2) is 52.3 Å². The maximum Gasteiger partial charge on any atom is 0.293 e. The minimum atomic E-state index is -3.82. The Hall–Kier alpha value is -3.35. The molecule has 1 fully saturated rings. The summed E-state index contributed by atoms with van der Waals surface area (Å²) in [6.07, 6.45) is 1.57. The number of methoxy groups -OCH3 is 1. The standard InChI is InChI=1S/C20H19N3O7S2/c1-23-19(25)17(31-20(23)26)10-12-3-8-15(16(9-12)29-2)30-11-18(24)22-13-4-6-14(7-5-13)32(21,27)28/h3-10H,11H2,1-2H3,(H,22,24)(H2,21,27,28)/b17-10-. The first-order chi connectivity index (χ1) is 15.1. The average molecular weight is 478 g/mol. The van der Waals surface area contributed by atoms with E-state index in [1.807, 2.05) is 0 Å². The van der Waals surface area contributed by atoms with Crippen molar-refractivity contribution in [3.05, 3.63) is 52.9 Å². The third kappa shape index (κ3) is 5.46. The fourth-order valence-electron chi connectivity index (χ4n) is 2.66. The lowest BCUT2D eigenvalue weighted by atomic mass is 10.2. The van der Waals surface area contributed by atoms with Gasteiger partial charge in [0, 0.05) is 12.7 Å². The number of nitrogens with one attached hydrogen (secondary N) is 1. The number of benzene rings is 2. The number of hydrogen-bond acceptors (Lipinski definition) is 8. The van der Waals surface area contributed by atoms with E-state index >= 15 is 0 Å². The second-order valence-electron chi connectivity index (χ2n) is 6.56. The summed E-state index contributed by atoms with van der Waals surface area (Å²) in [4.78, 5) is 37.0. The molecule has 3 amide bonds. The molecule has 1 aliphatic heterocycles. The number of carbonyl (C=O) groups is 3. The summed E-state index contributed by atoms with van der Waals surface area (Å²) < 4.78 is 33.3. The van der Waals surface area contributed by atoms with Gasteiger partial charge in [-0.1, -0.05) is 6.07 Å². The largest absolute Gasteiger partial charge is 0.493 e. The highest BCUT2D eigenvalue weighted by Crippen LogP contribution is 2.33. The number of imide groups is 1. The molecule has 0 aliphatic carbocycles. The number of hydrogen-bond donors (Lipinski definition) is 2. The van der Waals surface area contributed by atoms with Crippen molar-refractivity contribution in [2.24, 2.45) is 5.14 Å². The number of primary sulfonamides is 1. The van der Waals surface area contributed by atoms with E-state index < -0.39 is 15.9 Å². The van der Waals surface area contributed by atoms with Crippen LogP contribution in [-0.2, 0) is 19.6 Å². The molecule has 0 atom stereocenters. The van der Waals surface area contributed by atoms with Crippen LogP contribution in [0.2, 0.25) is 0 Å². The number of sulfonamides is 1. The van der Waals surface area contributed by atoms with Crippen LogP contribution in [0.25, 0.3) is 6.08 Å². The zero-order valence-electron chi connectivity index (χ0n) is 17.0. The second kappa shape index (κ2) is 9.42. The van der Waals surface area contributed by atoms with E-state index in [1.165, 1.54) is 38.4 Å². The van der Waals surface area contributed by atoms with Crippen molar-refractivity contribution in [2.45, 2.75) is 4.90 Å². The molecule has 2 aromatic carbocycles. The van der Waals surface area contributed by atoms with Crippen molar-refractivity contribution in [1.29, 1.82) is 0 Å². The Morgan fingerprint density at radius 1 is 1.16 bits per heavy atom. The fraction of sp³-hybridized carbons (Fsp3) is 0.150. The van der Waals surface area contributed by atoms with Crippen molar-refractivity contribution < 1.29 is 32.3 Å². The van der Waals surface area contributed by atoms with Gasteiger partial charge < -0.3 is 14.8 Å². The molecule has 2 aromatic rings. The van der Waals surface area contributed by atoms with Crippen LogP contribution >= 0.6 is 11.8 Å². The SMILES string of the molecule is COc1cc(/C=C2\SC(=O)N(C)C2=O)ccc1OCC(=O)Nc1ccc(S(N)(=O)=O)cc1. The van der Waals surface area contributed by atoms with Crippen molar-refractivity contribution in [2.75, 3.05) is 26.1 Å². The molecule has 0 spiro atoms. The Balaban J connectivity index is 1.64. The Morgan fingerprint density at radius 3 is 2.41 bits per heavy atom. The summed E-state index contributed by atoms with van der Waals surface area (Å²) in [5, 5.41) is 7.26. The van der Waals surface area contributed by atoms with Crippen LogP contribution in [-0.4, -0.2) is 51.1 Å². The highest BCUT2D eigenvalue weighted by atomic mass is 32.2. The minimum Gasteiger partial charge on any atom is -0.493 e. The maximum atomic E-state index is 12.2. The smallest absolute Gasteiger partial charge is 0.293 e. The Morgan fingerprint density at radius 2 is 1.84 bits per heavy atom. The van der Waals surface area contributed by atoms with Crippen LogP contribution in [0.5, 0.6) is 11.5 Å². The van der Waals surface area contributed by atoms with Gasteiger partial charge in [0.05, 0.1) is 16.9 Å². The molecule has 3 N–H and O–H groups in total. The maximum absolute atomic E-state index is 12.2. The van der Waals surface area contributed by atoms with Gasteiger partial charge in [0.1, 0.15) is 0 Å². The van der Waals surface area contributed by atoms with Crippen molar-refractivity contribution in [3.8, 4) is 11.5 Å². The summed E-state index contributed by atoms with van der Waals surface area (Å²) in [6, 6.07) is 10.2. The Bertz CT molecular complexity index is 1210. The van der Waals surface area contributed by atoms with Gasteiger partial charge in [0.25, 0.3) is 17.1 Å². The number of amides is 3. The van der Waals surface area contributed by atoms with Gasteiger partial charge >= 0.3 is 0 Å². The fourth-order valence-corrected chi connectivity index (χ4v) is 4.00. The van der Waals surface area contributed by atoms with E-state index in [4.69, 9.17) is 14.6 Å². The van der Waals surface area contributed by atoms with Gasteiger partial charge in [-0.15, -0.1) is 0 Å². The summed E-state index contributed by atoms with van der Waals surface area (Å²) >= 11 is 0.845. The van der Waals surface area contributed by atoms with E-state index in [-0.39, 0.29) is 22.6 Å². The number of nitrogens with two attached hydrogens (primary N) is 1. The molecular weight excluding hydrogens is 458 g/mol. The zero-order valence-corrected chi connectivity index (χ0v) is 18.7. The van der Waals surface area contributed by atoms with Crippen LogP contribution < -0.4 is 19.9 Å². The number of ether oxygens (including phenoxy) is 2. The number of rotatable bonds is 7. The average Bonchev–Trinajstić information content (AvgIpc) is 2.99. The lowest BCUT2D eigenvalue weighted by Crippen LogP contribution is -2.22. The predicted octanol–water partition coefficient (Wildman–Crippen LogP) is 2.03. The van der Waals surface area contributed by atoms with Gasteiger partial charge in [-0.2, -0.15) is 0 Å². The van der Waals surface area contributed by atoms with Crippen molar-refractivity contribution >= 4 is 50.6 Å².